The van der Waals surface area contributed by atoms with Crippen molar-refractivity contribution in [1.82, 2.24) is 10.6 Å². The highest BCUT2D eigenvalue weighted by Gasteiger charge is 2.21. The molecule has 3 amide bonds. The third kappa shape index (κ3) is 5.84. The second-order valence-electron chi connectivity index (χ2n) is 6.41. The van der Waals surface area contributed by atoms with Crippen LogP contribution < -0.4 is 15.5 Å². The number of thioether (sulfide) groups is 1. The summed E-state index contributed by atoms with van der Waals surface area (Å²) >= 11 is 3.44. The highest BCUT2D eigenvalue weighted by molar-refractivity contribution is 7.98. The molecule has 2 heterocycles. The molecule has 0 radical (unpaired) electrons. The van der Waals surface area contributed by atoms with Crippen LogP contribution in [-0.2, 0) is 15.3 Å². The summed E-state index contributed by atoms with van der Waals surface area (Å²) < 4.78 is 0. The zero-order valence-corrected chi connectivity index (χ0v) is 17.1. The summed E-state index contributed by atoms with van der Waals surface area (Å²) in [6.07, 6.45) is 1.44. The molecule has 0 spiro atoms. The van der Waals surface area contributed by atoms with Crippen LogP contribution in [0.15, 0.2) is 41.1 Å². The van der Waals surface area contributed by atoms with E-state index in [9.17, 15) is 14.4 Å². The number of nitrogens with one attached hydrogen (secondary N) is 2. The SMILES string of the molecule is O=C(CNC(=O)c1ccc(N2CCCC2=O)cc1)NCCSCc1ccsc1. The molecule has 6 nitrogen and oxygen atoms in total. The Hall–Kier alpha value is -2.32. The summed E-state index contributed by atoms with van der Waals surface area (Å²) in [7, 11) is 0. The Labute approximate surface area is 172 Å². The van der Waals surface area contributed by atoms with Crippen molar-refractivity contribution in [3.8, 4) is 0 Å². The minimum Gasteiger partial charge on any atom is -0.354 e. The highest BCUT2D eigenvalue weighted by Crippen LogP contribution is 2.21. The fourth-order valence-electron chi connectivity index (χ4n) is 2.87. The van der Waals surface area contributed by atoms with Crippen LogP contribution in [0.3, 0.4) is 0 Å². The maximum absolute atomic E-state index is 12.2. The zero-order chi connectivity index (χ0) is 19.8. The third-order valence-electron chi connectivity index (χ3n) is 4.34. The van der Waals surface area contributed by atoms with Crippen LogP contribution in [0.5, 0.6) is 0 Å². The first-order chi connectivity index (χ1) is 13.6. The summed E-state index contributed by atoms with van der Waals surface area (Å²) in [5.41, 5.74) is 2.57. The van der Waals surface area contributed by atoms with Crippen molar-refractivity contribution in [2.75, 3.05) is 30.3 Å². The molecule has 3 rings (SSSR count). The first-order valence-electron chi connectivity index (χ1n) is 9.17. The smallest absolute Gasteiger partial charge is 0.251 e. The lowest BCUT2D eigenvalue weighted by atomic mass is 10.2. The van der Waals surface area contributed by atoms with Crippen molar-refractivity contribution in [2.24, 2.45) is 0 Å². The molecule has 1 aliphatic heterocycles. The minimum absolute atomic E-state index is 0.0552. The van der Waals surface area contributed by atoms with E-state index in [1.807, 2.05) is 0 Å². The topological polar surface area (TPSA) is 78.5 Å². The van der Waals surface area contributed by atoms with Gasteiger partial charge in [-0.1, -0.05) is 0 Å². The van der Waals surface area contributed by atoms with Crippen LogP contribution in [0.4, 0.5) is 5.69 Å². The molecule has 1 aromatic carbocycles. The van der Waals surface area contributed by atoms with E-state index in [1.54, 1.807) is 52.3 Å². The number of thiophene rings is 1. The average Bonchev–Trinajstić information content (AvgIpc) is 3.37. The Morgan fingerprint density at radius 3 is 2.64 bits per heavy atom. The van der Waals surface area contributed by atoms with Crippen LogP contribution in [-0.4, -0.2) is 43.1 Å². The monoisotopic (exact) mass is 417 g/mol. The first kappa shape index (κ1) is 20.4. The number of amides is 3. The molecule has 0 saturated carbocycles. The summed E-state index contributed by atoms with van der Waals surface area (Å²) in [4.78, 5) is 37.5. The van der Waals surface area contributed by atoms with Gasteiger partial charge in [-0.2, -0.15) is 23.1 Å². The predicted octanol–water partition coefficient (Wildman–Crippen LogP) is 2.65. The van der Waals surface area contributed by atoms with Crippen molar-refractivity contribution < 1.29 is 14.4 Å². The van der Waals surface area contributed by atoms with Gasteiger partial charge in [-0.3, -0.25) is 14.4 Å². The van der Waals surface area contributed by atoms with E-state index < -0.39 is 0 Å². The zero-order valence-electron chi connectivity index (χ0n) is 15.5. The molecule has 0 bridgehead atoms. The Bertz CT molecular complexity index is 807. The Morgan fingerprint density at radius 1 is 1.14 bits per heavy atom. The van der Waals surface area contributed by atoms with E-state index in [4.69, 9.17) is 0 Å². The van der Waals surface area contributed by atoms with E-state index in [2.05, 4.69) is 27.5 Å². The lowest BCUT2D eigenvalue weighted by molar-refractivity contribution is -0.120. The summed E-state index contributed by atoms with van der Waals surface area (Å²) in [5, 5.41) is 9.60. The quantitative estimate of drug-likeness (QED) is 0.615. The molecule has 1 aliphatic rings. The molecular formula is C20H23N3O3S2. The molecule has 1 fully saturated rings. The molecular weight excluding hydrogens is 394 g/mol. The van der Waals surface area contributed by atoms with Gasteiger partial charge in [-0.25, -0.2) is 0 Å². The molecule has 0 aliphatic carbocycles. The van der Waals surface area contributed by atoms with Crippen LogP contribution in [0.2, 0.25) is 0 Å². The van der Waals surface area contributed by atoms with Gasteiger partial charge in [0, 0.05) is 42.3 Å². The lowest BCUT2D eigenvalue weighted by Gasteiger charge is -2.15. The van der Waals surface area contributed by atoms with Crippen LogP contribution in [0.1, 0.15) is 28.8 Å². The van der Waals surface area contributed by atoms with Crippen LogP contribution >= 0.6 is 23.1 Å². The second-order valence-corrected chi connectivity index (χ2v) is 8.30. The largest absolute Gasteiger partial charge is 0.354 e. The first-order valence-corrected chi connectivity index (χ1v) is 11.3. The molecule has 0 unspecified atom stereocenters. The number of hydrogen-bond donors (Lipinski definition) is 2. The van der Waals surface area contributed by atoms with Gasteiger partial charge in [0.2, 0.25) is 11.8 Å². The number of rotatable bonds is 9. The Kier molecular flexibility index (Phi) is 7.50. The van der Waals surface area contributed by atoms with E-state index in [1.165, 1.54) is 5.56 Å². The number of nitrogens with zero attached hydrogens (tertiary/aromatic N) is 1. The predicted molar refractivity (Wildman–Crippen MR) is 114 cm³/mol. The summed E-state index contributed by atoms with van der Waals surface area (Å²) in [5.74, 6) is 1.37. The Morgan fingerprint density at radius 2 is 1.96 bits per heavy atom. The van der Waals surface area contributed by atoms with Crippen molar-refractivity contribution in [3.63, 3.8) is 0 Å². The molecule has 28 heavy (non-hydrogen) atoms. The number of anilines is 1. The van der Waals surface area contributed by atoms with Crippen molar-refractivity contribution in [3.05, 3.63) is 52.2 Å². The fourth-order valence-corrected chi connectivity index (χ4v) is 4.45. The molecule has 1 aromatic heterocycles. The number of benzene rings is 1. The molecule has 8 heteroatoms. The Balaban J connectivity index is 1.34. The molecule has 2 N–H and O–H groups in total. The molecule has 2 aromatic rings. The average molecular weight is 418 g/mol. The number of carbonyl (C=O) groups is 3. The normalized spacial score (nSPS) is 13.6. The van der Waals surface area contributed by atoms with Crippen molar-refractivity contribution in [1.29, 1.82) is 0 Å². The fraction of sp³-hybridized carbons (Fsp3) is 0.350. The van der Waals surface area contributed by atoms with E-state index in [0.29, 0.717) is 18.5 Å². The minimum atomic E-state index is -0.304. The van der Waals surface area contributed by atoms with Crippen LogP contribution in [0.25, 0.3) is 0 Å². The number of carbonyl (C=O) groups excluding carboxylic acids is 3. The van der Waals surface area contributed by atoms with Crippen LogP contribution in [0, 0.1) is 0 Å². The van der Waals surface area contributed by atoms with Gasteiger partial charge in [0.05, 0.1) is 6.54 Å². The van der Waals surface area contributed by atoms with Gasteiger partial charge >= 0.3 is 0 Å². The van der Waals surface area contributed by atoms with Crippen molar-refractivity contribution in [2.45, 2.75) is 18.6 Å². The van der Waals surface area contributed by atoms with E-state index in [-0.39, 0.29) is 24.3 Å². The van der Waals surface area contributed by atoms with Gasteiger partial charge in [-0.15, -0.1) is 0 Å². The summed E-state index contributed by atoms with van der Waals surface area (Å²) in [6.45, 7) is 1.23. The highest BCUT2D eigenvalue weighted by atomic mass is 32.2. The standard InChI is InChI=1S/C20H23N3O3S2/c24-18(21-8-11-28-14-15-7-10-27-13-15)12-22-20(26)16-3-5-17(6-4-16)23-9-1-2-19(23)25/h3-7,10,13H,1-2,8-9,11-12,14H2,(H,21,24)(H,22,26). The van der Waals surface area contributed by atoms with Gasteiger partial charge in [0.1, 0.15) is 0 Å². The van der Waals surface area contributed by atoms with Gasteiger partial charge in [-0.05, 0) is 53.1 Å². The van der Waals surface area contributed by atoms with Gasteiger partial charge in [0.25, 0.3) is 5.91 Å². The van der Waals surface area contributed by atoms with Gasteiger partial charge in [0.15, 0.2) is 0 Å². The molecule has 148 valence electrons. The summed E-state index contributed by atoms with van der Waals surface area (Å²) in [6, 6.07) is 8.98. The maximum Gasteiger partial charge on any atom is 0.251 e. The maximum atomic E-state index is 12.2. The number of hydrogen-bond acceptors (Lipinski definition) is 5. The van der Waals surface area contributed by atoms with Crippen molar-refractivity contribution >= 4 is 46.5 Å². The third-order valence-corrected chi connectivity index (χ3v) is 6.10. The lowest BCUT2D eigenvalue weighted by Crippen LogP contribution is -2.37. The van der Waals surface area contributed by atoms with E-state index in [0.717, 1.165) is 30.2 Å². The molecule has 1 saturated heterocycles. The molecule has 0 atom stereocenters. The second kappa shape index (κ2) is 10.3. The van der Waals surface area contributed by atoms with Gasteiger partial charge < -0.3 is 15.5 Å². The van der Waals surface area contributed by atoms with E-state index >= 15 is 0 Å².